The van der Waals surface area contributed by atoms with Gasteiger partial charge >= 0.3 is 0 Å². The molecule has 0 N–H and O–H groups in total. The lowest BCUT2D eigenvalue weighted by Crippen LogP contribution is -2.41. The maximum atomic E-state index is 12.8. The molecule has 4 nitrogen and oxygen atoms in total. The van der Waals surface area contributed by atoms with Crippen molar-refractivity contribution in [2.45, 2.75) is 43.2 Å². The van der Waals surface area contributed by atoms with Crippen molar-refractivity contribution in [2.75, 3.05) is 4.31 Å². The Morgan fingerprint density at radius 1 is 1.20 bits per heavy atom. The van der Waals surface area contributed by atoms with Gasteiger partial charge in [-0.05, 0) is 36.4 Å². The minimum Gasteiger partial charge on any atom is -0.451 e. The summed E-state index contributed by atoms with van der Waals surface area (Å²) in [6.07, 6.45) is 6.58. The summed E-state index contributed by atoms with van der Waals surface area (Å²) >= 11 is 1.51. The molecule has 0 spiro atoms. The number of furan rings is 1. The molecule has 0 bridgehead atoms. The summed E-state index contributed by atoms with van der Waals surface area (Å²) in [6, 6.07) is 5.02. The molecule has 1 saturated carbocycles. The molecule has 20 heavy (non-hydrogen) atoms. The Balaban J connectivity index is 2.01. The van der Waals surface area contributed by atoms with E-state index in [2.05, 4.69) is 0 Å². The molecule has 2 aromatic rings. The Morgan fingerprint density at radius 3 is 2.60 bits per heavy atom. The van der Waals surface area contributed by atoms with Crippen molar-refractivity contribution in [3.8, 4) is 0 Å². The lowest BCUT2D eigenvalue weighted by Gasteiger charge is -2.33. The fourth-order valence-corrected chi connectivity index (χ4v) is 5.06. The third kappa shape index (κ3) is 2.50. The van der Waals surface area contributed by atoms with Crippen molar-refractivity contribution in [3.05, 3.63) is 35.2 Å². The zero-order chi connectivity index (χ0) is 14.0. The van der Waals surface area contributed by atoms with Crippen LogP contribution in [0, 0.1) is 0 Å². The summed E-state index contributed by atoms with van der Waals surface area (Å²) in [5.74, 6) is 0. The topological polar surface area (TPSA) is 50.5 Å². The van der Waals surface area contributed by atoms with Crippen molar-refractivity contribution in [2.24, 2.45) is 0 Å². The van der Waals surface area contributed by atoms with Crippen molar-refractivity contribution < 1.29 is 12.8 Å². The molecule has 0 atom stereocenters. The first-order chi connectivity index (χ1) is 9.69. The highest BCUT2D eigenvalue weighted by atomic mass is 32.2. The van der Waals surface area contributed by atoms with Gasteiger partial charge in [0.05, 0.1) is 12.0 Å². The first kappa shape index (κ1) is 13.7. The van der Waals surface area contributed by atoms with E-state index in [1.165, 1.54) is 30.1 Å². The molecule has 1 fully saturated rings. The summed E-state index contributed by atoms with van der Waals surface area (Å²) in [6.45, 7) is 0. The molecule has 6 heteroatoms. The lowest BCUT2D eigenvalue weighted by atomic mass is 9.95. The van der Waals surface area contributed by atoms with Crippen LogP contribution in [0.15, 0.2) is 44.7 Å². The van der Waals surface area contributed by atoms with Gasteiger partial charge in [-0.3, -0.25) is 4.31 Å². The van der Waals surface area contributed by atoms with Gasteiger partial charge in [0.2, 0.25) is 5.09 Å². The van der Waals surface area contributed by atoms with Crippen LogP contribution in [0.1, 0.15) is 32.1 Å². The van der Waals surface area contributed by atoms with Gasteiger partial charge in [0.1, 0.15) is 0 Å². The zero-order valence-corrected chi connectivity index (χ0v) is 12.7. The van der Waals surface area contributed by atoms with Crippen molar-refractivity contribution in [3.63, 3.8) is 0 Å². The van der Waals surface area contributed by atoms with Gasteiger partial charge in [-0.25, -0.2) is 0 Å². The number of thiophene rings is 1. The van der Waals surface area contributed by atoms with Gasteiger partial charge < -0.3 is 4.42 Å². The van der Waals surface area contributed by atoms with E-state index >= 15 is 0 Å². The SMILES string of the molecule is O=S(=O)(c1ccco1)N(c1ccsc1)C1CCCCC1. The van der Waals surface area contributed by atoms with E-state index in [9.17, 15) is 8.42 Å². The van der Waals surface area contributed by atoms with Crippen LogP contribution < -0.4 is 4.31 Å². The third-order valence-electron chi connectivity index (χ3n) is 3.68. The number of rotatable bonds is 4. The number of anilines is 1. The second kappa shape index (κ2) is 5.61. The molecule has 0 aliphatic heterocycles. The van der Waals surface area contributed by atoms with E-state index < -0.39 is 10.0 Å². The Hall–Kier alpha value is -1.27. The van der Waals surface area contributed by atoms with Crippen LogP contribution in [0.25, 0.3) is 0 Å². The van der Waals surface area contributed by atoms with Gasteiger partial charge in [0, 0.05) is 11.4 Å². The predicted molar refractivity (Wildman–Crippen MR) is 79.6 cm³/mol. The van der Waals surface area contributed by atoms with Crippen LogP contribution in [0.2, 0.25) is 0 Å². The Bertz CT molecular complexity index is 626. The van der Waals surface area contributed by atoms with E-state index in [-0.39, 0.29) is 11.1 Å². The molecule has 1 aliphatic carbocycles. The molecule has 1 aliphatic rings. The summed E-state index contributed by atoms with van der Waals surface area (Å²) in [7, 11) is -3.61. The van der Waals surface area contributed by atoms with Gasteiger partial charge in [0.25, 0.3) is 10.0 Å². The minimum atomic E-state index is -3.61. The largest absolute Gasteiger partial charge is 0.451 e. The van der Waals surface area contributed by atoms with Crippen LogP contribution in [0.3, 0.4) is 0 Å². The fraction of sp³-hybridized carbons (Fsp3) is 0.429. The second-order valence-corrected chi connectivity index (χ2v) is 7.53. The molecule has 2 heterocycles. The van der Waals surface area contributed by atoms with Crippen molar-refractivity contribution in [1.29, 1.82) is 0 Å². The molecule has 0 saturated heterocycles. The summed E-state index contributed by atoms with van der Waals surface area (Å²) in [5, 5.41) is 3.81. The van der Waals surface area contributed by atoms with Crippen molar-refractivity contribution >= 4 is 27.0 Å². The standard InChI is InChI=1S/C14H17NO3S2/c16-20(17,14-7-4-9-18-14)15(13-8-10-19-11-13)12-5-2-1-3-6-12/h4,7-12H,1-3,5-6H2. The van der Waals surface area contributed by atoms with Crippen LogP contribution >= 0.6 is 11.3 Å². The summed E-state index contributed by atoms with van der Waals surface area (Å²) < 4.78 is 32.4. The quantitative estimate of drug-likeness (QED) is 0.861. The number of sulfonamides is 1. The molecule has 0 aromatic carbocycles. The van der Waals surface area contributed by atoms with Crippen LogP contribution in [0.4, 0.5) is 5.69 Å². The minimum absolute atomic E-state index is 0.0225. The predicted octanol–water partition coefficient (Wildman–Crippen LogP) is 3.87. The molecular formula is C14H17NO3S2. The Morgan fingerprint density at radius 2 is 2.00 bits per heavy atom. The zero-order valence-electron chi connectivity index (χ0n) is 11.1. The van der Waals surface area contributed by atoms with E-state index in [1.54, 1.807) is 10.4 Å². The third-order valence-corrected chi connectivity index (χ3v) is 6.11. The smallest absolute Gasteiger partial charge is 0.298 e. The maximum absolute atomic E-state index is 12.8. The van der Waals surface area contributed by atoms with Gasteiger partial charge in [-0.2, -0.15) is 19.8 Å². The number of hydrogen-bond donors (Lipinski definition) is 0. The van der Waals surface area contributed by atoms with E-state index in [0.717, 1.165) is 31.4 Å². The first-order valence-corrected chi connectivity index (χ1v) is 9.18. The summed E-state index contributed by atoms with van der Waals surface area (Å²) in [5.41, 5.74) is 0.748. The Labute approximate surface area is 123 Å². The van der Waals surface area contributed by atoms with Gasteiger partial charge in [-0.15, -0.1) is 0 Å². The second-order valence-electron chi connectivity index (χ2n) is 5.01. The van der Waals surface area contributed by atoms with Crippen molar-refractivity contribution in [1.82, 2.24) is 0 Å². The highest BCUT2D eigenvalue weighted by Crippen LogP contribution is 2.33. The normalized spacial score (nSPS) is 17.2. The molecule has 108 valence electrons. The van der Waals surface area contributed by atoms with E-state index in [4.69, 9.17) is 4.42 Å². The highest BCUT2D eigenvalue weighted by molar-refractivity contribution is 7.92. The van der Waals surface area contributed by atoms with Gasteiger partial charge in [0.15, 0.2) is 0 Å². The van der Waals surface area contributed by atoms with E-state index in [0.29, 0.717) is 0 Å². The van der Waals surface area contributed by atoms with E-state index in [1.807, 2.05) is 16.8 Å². The molecule has 0 amide bonds. The molecule has 0 unspecified atom stereocenters. The average Bonchev–Trinajstić information content (AvgIpc) is 3.13. The Kier molecular flexibility index (Phi) is 3.85. The maximum Gasteiger partial charge on any atom is 0.298 e. The van der Waals surface area contributed by atoms with Crippen LogP contribution in [0.5, 0.6) is 0 Å². The highest BCUT2D eigenvalue weighted by Gasteiger charge is 2.34. The monoisotopic (exact) mass is 311 g/mol. The molecule has 0 radical (unpaired) electrons. The molecule has 3 rings (SSSR count). The number of hydrogen-bond acceptors (Lipinski definition) is 4. The summed E-state index contributed by atoms with van der Waals surface area (Å²) in [4.78, 5) is 0. The first-order valence-electron chi connectivity index (χ1n) is 6.80. The van der Waals surface area contributed by atoms with Gasteiger partial charge in [-0.1, -0.05) is 19.3 Å². The van der Waals surface area contributed by atoms with Crippen LogP contribution in [-0.2, 0) is 10.0 Å². The lowest BCUT2D eigenvalue weighted by molar-refractivity contribution is 0.421. The average molecular weight is 311 g/mol. The molecule has 2 aromatic heterocycles. The fourth-order valence-electron chi connectivity index (χ4n) is 2.75. The number of nitrogens with zero attached hydrogens (tertiary/aromatic N) is 1. The van der Waals surface area contributed by atoms with Crippen LogP contribution in [-0.4, -0.2) is 14.5 Å². The molecular weight excluding hydrogens is 294 g/mol.